The molecule has 2 atom stereocenters. The molecule has 1 aliphatic carbocycles. The smallest absolute Gasteiger partial charge is 0.395 e. The van der Waals surface area contributed by atoms with Crippen LogP contribution >= 0.6 is 11.6 Å². The van der Waals surface area contributed by atoms with E-state index in [1.807, 2.05) is 4.72 Å². The molecule has 0 spiro atoms. The second-order valence-corrected chi connectivity index (χ2v) is 9.34. The second kappa shape index (κ2) is 8.02. The number of carbonyl (C=O) groups excluding carboxylic acids is 1. The molecule has 3 aromatic heterocycles. The number of nitrogens with one attached hydrogen (secondary N) is 1. The molecule has 10 nitrogen and oxygen atoms in total. The second-order valence-electron chi connectivity index (χ2n) is 7.33. The highest BCUT2D eigenvalue weighted by Gasteiger charge is 2.58. The Balaban J connectivity index is 1.47. The summed E-state index contributed by atoms with van der Waals surface area (Å²) in [5, 5.41) is 7.63. The molecule has 1 saturated carbocycles. The van der Waals surface area contributed by atoms with Crippen molar-refractivity contribution in [3.05, 3.63) is 47.0 Å². The molecule has 1 fully saturated rings. The number of nitrogens with zero attached hydrogens (tertiary/aromatic N) is 5. The minimum absolute atomic E-state index is 0.0237. The molecule has 0 aliphatic heterocycles. The van der Waals surface area contributed by atoms with Crippen molar-refractivity contribution >= 4 is 27.5 Å². The van der Waals surface area contributed by atoms with Crippen LogP contribution in [0.4, 0.5) is 13.2 Å². The van der Waals surface area contributed by atoms with Gasteiger partial charge in [-0.2, -0.15) is 18.3 Å². The molecular weight excluding hydrogens is 489 g/mol. The Bertz CT molecular complexity index is 1340. The first-order valence-corrected chi connectivity index (χ1v) is 11.2. The largest absolute Gasteiger partial charge is 0.473 e. The third kappa shape index (κ3) is 4.80. The van der Waals surface area contributed by atoms with Crippen LogP contribution in [0.1, 0.15) is 22.5 Å². The van der Waals surface area contributed by atoms with Crippen LogP contribution in [0.25, 0.3) is 5.82 Å². The van der Waals surface area contributed by atoms with Gasteiger partial charge < -0.3 is 4.74 Å². The quantitative estimate of drug-likeness (QED) is 0.512. The highest BCUT2D eigenvalue weighted by molar-refractivity contribution is 7.90. The fourth-order valence-corrected chi connectivity index (χ4v) is 4.51. The lowest BCUT2D eigenvalue weighted by Gasteiger charge is -2.08. The van der Waals surface area contributed by atoms with E-state index in [4.69, 9.17) is 16.3 Å². The maximum absolute atomic E-state index is 12.6. The number of ether oxygens (including phenoxy) is 1. The zero-order valence-corrected chi connectivity index (χ0v) is 18.6. The zero-order chi connectivity index (χ0) is 24.1. The molecule has 2 unspecified atom stereocenters. The number of pyridine rings is 1. The van der Waals surface area contributed by atoms with E-state index >= 15 is 0 Å². The summed E-state index contributed by atoms with van der Waals surface area (Å²) in [6, 6.07) is 3.95. The molecule has 15 heteroatoms. The fourth-order valence-electron chi connectivity index (χ4n) is 3.09. The summed E-state index contributed by atoms with van der Waals surface area (Å²) in [5.74, 6) is -2.40. The van der Waals surface area contributed by atoms with Crippen LogP contribution in [0.15, 0.2) is 35.5 Å². The molecule has 4 rings (SSSR count). The molecule has 0 aromatic carbocycles. The molecule has 33 heavy (non-hydrogen) atoms. The van der Waals surface area contributed by atoms with Gasteiger partial charge in [0.15, 0.2) is 5.82 Å². The molecule has 0 saturated heterocycles. The van der Waals surface area contributed by atoms with Gasteiger partial charge in [0.05, 0.1) is 17.2 Å². The Morgan fingerprint density at radius 2 is 2.00 bits per heavy atom. The van der Waals surface area contributed by atoms with Crippen molar-refractivity contribution in [2.45, 2.75) is 30.5 Å². The lowest BCUT2D eigenvalue weighted by Crippen LogP contribution is -2.31. The lowest BCUT2D eigenvalue weighted by molar-refractivity contribution is -0.153. The number of hydrogen-bond donors (Lipinski definition) is 1. The normalized spacial score (nSPS) is 18.2. The Morgan fingerprint density at radius 1 is 1.27 bits per heavy atom. The molecule has 1 aliphatic rings. The summed E-state index contributed by atoms with van der Waals surface area (Å²) in [5.41, 5.74) is 0.00184. The molecule has 3 aromatic rings. The summed E-state index contributed by atoms with van der Waals surface area (Å²) in [6.07, 6.45) is -2.78. The number of aryl methyl sites for hydroxylation is 2. The molecule has 1 amide bonds. The van der Waals surface area contributed by atoms with Crippen molar-refractivity contribution in [2.75, 3.05) is 0 Å². The van der Waals surface area contributed by atoms with Crippen LogP contribution in [0.3, 0.4) is 0 Å². The summed E-state index contributed by atoms with van der Waals surface area (Å²) in [7, 11) is -2.66. The molecule has 0 radical (unpaired) electrons. The van der Waals surface area contributed by atoms with Gasteiger partial charge in [-0.1, -0.05) is 11.6 Å². The highest BCUT2D eigenvalue weighted by atomic mass is 35.5. The van der Waals surface area contributed by atoms with Gasteiger partial charge in [-0.25, -0.2) is 22.8 Å². The number of aromatic nitrogens is 5. The van der Waals surface area contributed by atoms with Gasteiger partial charge in [-0.3, -0.25) is 9.48 Å². The monoisotopic (exact) mass is 504 g/mol. The average Bonchev–Trinajstić information content (AvgIpc) is 3.17. The fraction of sp³-hybridized carbons (Fsp3) is 0.333. The predicted molar refractivity (Wildman–Crippen MR) is 108 cm³/mol. The number of hydrogen-bond acceptors (Lipinski definition) is 7. The average molecular weight is 505 g/mol. The Morgan fingerprint density at radius 3 is 2.58 bits per heavy atom. The van der Waals surface area contributed by atoms with Gasteiger partial charge in [0.25, 0.3) is 15.9 Å². The van der Waals surface area contributed by atoms with Gasteiger partial charge in [-0.15, -0.1) is 5.10 Å². The van der Waals surface area contributed by atoms with E-state index in [-0.39, 0.29) is 39.4 Å². The van der Waals surface area contributed by atoms with E-state index in [0.29, 0.717) is 0 Å². The van der Waals surface area contributed by atoms with Gasteiger partial charge >= 0.3 is 6.18 Å². The van der Waals surface area contributed by atoms with Crippen LogP contribution in [-0.2, 0) is 17.1 Å². The maximum atomic E-state index is 12.6. The summed E-state index contributed by atoms with van der Waals surface area (Å²) >= 11 is 6.07. The Hall–Kier alpha value is -3.13. The number of amides is 1. The number of halogens is 4. The number of rotatable bonds is 6. The van der Waals surface area contributed by atoms with Crippen LogP contribution in [0.2, 0.25) is 5.15 Å². The highest BCUT2D eigenvalue weighted by Crippen LogP contribution is 2.46. The lowest BCUT2D eigenvalue weighted by atomic mass is 10.3. The first-order valence-electron chi connectivity index (χ1n) is 9.38. The van der Waals surface area contributed by atoms with Crippen LogP contribution in [0, 0.1) is 12.8 Å². The van der Waals surface area contributed by atoms with E-state index in [2.05, 4.69) is 15.2 Å². The third-order valence-electron chi connectivity index (χ3n) is 4.79. The van der Waals surface area contributed by atoms with E-state index in [0.717, 1.165) is 0 Å². The maximum Gasteiger partial charge on any atom is 0.395 e. The Kier molecular flexibility index (Phi) is 5.60. The number of sulfonamides is 1. The zero-order valence-electron chi connectivity index (χ0n) is 17.0. The predicted octanol–water partition coefficient (Wildman–Crippen LogP) is 2.41. The van der Waals surface area contributed by atoms with Crippen LogP contribution < -0.4 is 9.46 Å². The van der Waals surface area contributed by atoms with Crippen molar-refractivity contribution in [2.24, 2.45) is 13.0 Å². The van der Waals surface area contributed by atoms with E-state index in [1.165, 1.54) is 46.9 Å². The van der Waals surface area contributed by atoms with Gasteiger partial charge in [-0.05, 0) is 25.5 Å². The number of carbonyl (C=O) groups is 1. The van der Waals surface area contributed by atoms with Crippen LogP contribution in [0.5, 0.6) is 5.88 Å². The SMILES string of the molecule is Cc1nn(C)cc1S(=O)(=O)NC(=O)c1ccc(-n2ccc(OC3CC3C(F)(F)F)n2)nc1Cl. The summed E-state index contributed by atoms with van der Waals surface area (Å²) < 4.78 is 72.5. The van der Waals surface area contributed by atoms with Crippen molar-refractivity contribution < 1.29 is 31.1 Å². The van der Waals surface area contributed by atoms with Gasteiger partial charge in [0, 0.05) is 25.5 Å². The van der Waals surface area contributed by atoms with E-state index in [9.17, 15) is 26.4 Å². The van der Waals surface area contributed by atoms with Crippen molar-refractivity contribution in [3.63, 3.8) is 0 Å². The molecule has 1 N–H and O–H groups in total. The first kappa shape index (κ1) is 23.0. The third-order valence-corrected chi connectivity index (χ3v) is 6.51. The molecule has 0 bridgehead atoms. The number of alkyl halides is 3. The van der Waals surface area contributed by atoms with Crippen molar-refractivity contribution in [1.82, 2.24) is 29.3 Å². The van der Waals surface area contributed by atoms with Crippen molar-refractivity contribution in [1.29, 1.82) is 0 Å². The Labute approximate surface area is 190 Å². The molecular formula is C18H16ClF3N6O4S. The standard InChI is InChI=1S/C18H16ClF3N6O4S/c1-9-13(8-27(2)24-9)33(30,31)26-17(29)10-3-4-14(23-16(10)19)28-6-5-15(25-28)32-12-7-11(12)18(20,21)22/h3-6,8,11-12H,7H2,1-2H3,(H,26,29). The topological polar surface area (TPSA) is 121 Å². The molecule has 3 heterocycles. The van der Waals surface area contributed by atoms with Crippen LogP contribution in [-0.4, -0.2) is 51.2 Å². The van der Waals surface area contributed by atoms with Gasteiger partial charge in [0.2, 0.25) is 5.88 Å². The minimum Gasteiger partial charge on any atom is -0.473 e. The summed E-state index contributed by atoms with van der Waals surface area (Å²) in [4.78, 5) is 16.3. The van der Waals surface area contributed by atoms with E-state index < -0.39 is 34.1 Å². The van der Waals surface area contributed by atoms with Crippen molar-refractivity contribution in [3.8, 4) is 11.7 Å². The molecule has 176 valence electrons. The summed E-state index contributed by atoms with van der Waals surface area (Å²) in [6.45, 7) is 1.48. The minimum atomic E-state index is -4.32. The first-order chi connectivity index (χ1) is 15.3. The van der Waals surface area contributed by atoms with Gasteiger partial charge in [0.1, 0.15) is 16.2 Å². The van der Waals surface area contributed by atoms with E-state index in [1.54, 1.807) is 7.05 Å².